The molecule has 0 aromatic carbocycles. The van der Waals surface area contributed by atoms with Crippen LogP contribution in [0.2, 0.25) is 0 Å². The molecule has 9 nitrogen and oxygen atoms in total. The van der Waals surface area contributed by atoms with Gasteiger partial charge in [-0.3, -0.25) is 24.5 Å². The molecule has 0 amide bonds. The van der Waals surface area contributed by atoms with Gasteiger partial charge in [0.1, 0.15) is 6.20 Å². The number of ether oxygens (including phenoxy) is 1. The second-order valence-corrected chi connectivity index (χ2v) is 4.92. The fourth-order valence-corrected chi connectivity index (χ4v) is 2.35. The Morgan fingerprint density at radius 3 is 2.67 bits per heavy atom. The summed E-state index contributed by atoms with van der Waals surface area (Å²) < 4.78 is 6.07. The van der Waals surface area contributed by atoms with Crippen LogP contribution in [0.1, 0.15) is 6.42 Å². The van der Waals surface area contributed by atoms with Gasteiger partial charge in [-0.25, -0.2) is 0 Å². The molecule has 1 aromatic heterocycles. The molecule has 0 bridgehead atoms. The molecule has 116 valence electrons. The van der Waals surface area contributed by atoms with Gasteiger partial charge >= 0.3 is 11.7 Å². The molecule has 1 aliphatic heterocycles. The Labute approximate surface area is 122 Å². The standard InChI is InChI=1S/C12H19N5O4/c1-14-9-10(17(19)20)12(13-14)16-7-5-15(6-8-16)4-3-11(18)21-2/h9H,3-8H2,1-2H3. The maximum atomic E-state index is 11.1. The van der Waals surface area contributed by atoms with E-state index in [1.54, 1.807) is 7.05 Å². The summed E-state index contributed by atoms with van der Waals surface area (Å²) in [6.45, 7) is 3.43. The van der Waals surface area contributed by atoms with Crippen LogP contribution in [0, 0.1) is 10.1 Å². The maximum Gasteiger partial charge on any atom is 0.330 e. The number of rotatable bonds is 5. The first kappa shape index (κ1) is 15.2. The van der Waals surface area contributed by atoms with E-state index in [4.69, 9.17) is 0 Å². The summed E-state index contributed by atoms with van der Waals surface area (Å²) in [6, 6.07) is 0. The highest BCUT2D eigenvalue weighted by molar-refractivity contribution is 5.69. The van der Waals surface area contributed by atoms with Crippen molar-refractivity contribution in [1.29, 1.82) is 0 Å². The van der Waals surface area contributed by atoms with Crippen LogP contribution in [-0.2, 0) is 16.6 Å². The smallest absolute Gasteiger partial charge is 0.330 e. The molecular formula is C12H19N5O4. The van der Waals surface area contributed by atoms with Crippen molar-refractivity contribution >= 4 is 17.5 Å². The summed E-state index contributed by atoms with van der Waals surface area (Å²) in [5.74, 6) is 0.188. The predicted octanol–water partition coefficient (Wildman–Crippen LogP) is 0.0134. The zero-order valence-corrected chi connectivity index (χ0v) is 12.2. The summed E-state index contributed by atoms with van der Waals surface area (Å²) >= 11 is 0. The Morgan fingerprint density at radius 1 is 1.43 bits per heavy atom. The molecule has 1 saturated heterocycles. The van der Waals surface area contributed by atoms with Crippen molar-refractivity contribution in [3.63, 3.8) is 0 Å². The monoisotopic (exact) mass is 297 g/mol. The summed E-state index contributed by atoms with van der Waals surface area (Å²) in [4.78, 5) is 25.8. The van der Waals surface area contributed by atoms with Gasteiger partial charge in [0.15, 0.2) is 0 Å². The van der Waals surface area contributed by atoms with Gasteiger partial charge in [-0.05, 0) is 0 Å². The number of methoxy groups -OCH3 is 1. The average molecular weight is 297 g/mol. The molecule has 1 aromatic rings. The van der Waals surface area contributed by atoms with Gasteiger partial charge in [0.05, 0.1) is 18.5 Å². The second-order valence-electron chi connectivity index (χ2n) is 4.92. The molecule has 0 saturated carbocycles. The Hall–Kier alpha value is -2.16. The molecule has 0 N–H and O–H groups in total. The third-order valence-electron chi connectivity index (χ3n) is 3.52. The molecule has 0 radical (unpaired) electrons. The first-order valence-corrected chi connectivity index (χ1v) is 6.73. The van der Waals surface area contributed by atoms with E-state index in [-0.39, 0.29) is 11.7 Å². The van der Waals surface area contributed by atoms with E-state index in [1.165, 1.54) is 18.0 Å². The molecule has 0 atom stereocenters. The molecule has 1 aliphatic rings. The van der Waals surface area contributed by atoms with Gasteiger partial charge in [-0.1, -0.05) is 0 Å². The van der Waals surface area contributed by atoms with Crippen molar-refractivity contribution < 1.29 is 14.5 Å². The fraction of sp³-hybridized carbons (Fsp3) is 0.667. The van der Waals surface area contributed by atoms with E-state index in [1.807, 2.05) is 4.90 Å². The molecule has 1 fully saturated rings. The first-order chi connectivity index (χ1) is 10.0. The van der Waals surface area contributed by atoms with Gasteiger partial charge < -0.3 is 9.64 Å². The van der Waals surface area contributed by atoms with Crippen LogP contribution in [0.4, 0.5) is 11.5 Å². The average Bonchev–Trinajstić information content (AvgIpc) is 2.87. The minimum Gasteiger partial charge on any atom is -0.469 e. The normalized spacial score (nSPS) is 16.0. The Kier molecular flexibility index (Phi) is 4.73. The Balaban J connectivity index is 1.92. The van der Waals surface area contributed by atoms with E-state index in [2.05, 4.69) is 14.7 Å². The number of hydrogen-bond acceptors (Lipinski definition) is 7. The molecule has 0 unspecified atom stereocenters. The molecule has 9 heteroatoms. The summed E-state index contributed by atoms with van der Waals surface area (Å²) in [5, 5.41) is 15.2. The van der Waals surface area contributed by atoms with Gasteiger partial charge in [0.25, 0.3) is 0 Å². The number of piperazine rings is 1. The van der Waals surface area contributed by atoms with Crippen molar-refractivity contribution in [3.05, 3.63) is 16.3 Å². The number of carbonyl (C=O) groups is 1. The van der Waals surface area contributed by atoms with E-state index in [0.29, 0.717) is 31.9 Å². The Bertz CT molecular complexity index is 522. The maximum absolute atomic E-state index is 11.1. The van der Waals surface area contributed by atoms with Crippen LogP contribution < -0.4 is 4.90 Å². The van der Waals surface area contributed by atoms with Crippen LogP contribution in [0.25, 0.3) is 0 Å². The van der Waals surface area contributed by atoms with Crippen LogP contribution in [0.3, 0.4) is 0 Å². The third-order valence-corrected chi connectivity index (χ3v) is 3.52. The van der Waals surface area contributed by atoms with Crippen LogP contribution >= 0.6 is 0 Å². The highest BCUT2D eigenvalue weighted by Gasteiger charge is 2.27. The summed E-state index contributed by atoms with van der Waals surface area (Å²) in [6.07, 6.45) is 1.78. The highest BCUT2D eigenvalue weighted by Crippen LogP contribution is 2.26. The van der Waals surface area contributed by atoms with Gasteiger partial charge in [0, 0.05) is 39.8 Å². The Morgan fingerprint density at radius 2 is 2.10 bits per heavy atom. The zero-order chi connectivity index (χ0) is 15.4. The van der Waals surface area contributed by atoms with Gasteiger partial charge in [0.2, 0.25) is 5.82 Å². The minimum atomic E-state index is -0.411. The number of hydrogen-bond donors (Lipinski definition) is 0. The lowest BCUT2D eigenvalue weighted by Crippen LogP contribution is -2.47. The van der Waals surface area contributed by atoms with Crippen molar-refractivity contribution in [2.75, 3.05) is 44.7 Å². The number of carbonyl (C=O) groups excluding carboxylic acids is 1. The van der Waals surface area contributed by atoms with E-state index in [9.17, 15) is 14.9 Å². The molecular weight excluding hydrogens is 278 g/mol. The zero-order valence-electron chi connectivity index (χ0n) is 12.2. The van der Waals surface area contributed by atoms with Crippen molar-refractivity contribution in [1.82, 2.24) is 14.7 Å². The second kappa shape index (κ2) is 6.53. The minimum absolute atomic E-state index is 0.0283. The van der Waals surface area contributed by atoms with Gasteiger partial charge in [-0.15, -0.1) is 5.10 Å². The van der Waals surface area contributed by atoms with Crippen LogP contribution in [-0.4, -0.2) is 65.4 Å². The van der Waals surface area contributed by atoms with Gasteiger partial charge in [-0.2, -0.15) is 0 Å². The van der Waals surface area contributed by atoms with Crippen LogP contribution in [0.15, 0.2) is 6.20 Å². The lowest BCUT2D eigenvalue weighted by molar-refractivity contribution is -0.384. The third kappa shape index (κ3) is 3.69. The SMILES string of the molecule is COC(=O)CCN1CCN(c2nn(C)cc2[N+](=O)[O-])CC1. The lowest BCUT2D eigenvalue weighted by atomic mass is 10.3. The fourth-order valence-electron chi connectivity index (χ4n) is 2.35. The van der Waals surface area contributed by atoms with E-state index >= 15 is 0 Å². The van der Waals surface area contributed by atoms with Crippen LogP contribution in [0.5, 0.6) is 0 Å². The van der Waals surface area contributed by atoms with Crippen molar-refractivity contribution in [2.45, 2.75) is 6.42 Å². The number of esters is 1. The number of anilines is 1. The highest BCUT2D eigenvalue weighted by atomic mass is 16.6. The van der Waals surface area contributed by atoms with Crippen molar-refractivity contribution in [3.8, 4) is 0 Å². The molecule has 2 heterocycles. The number of aryl methyl sites for hydroxylation is 1. The molecule has 0 aliphatic carbocycles. The molecule has 0 spiro atoms. The largest absolute Gasteiger partial charge is 0.469 e. The predicted molar refractivity (Wildman–Crippen MR) is 75.1 cm³/mol. The van der Waals surface area contributed by atoms with E-state index in [0.717, 1.165) is 13.1 Å². The lowest BCUT2D eigenvalue weighted by Gasteiger charge is -2.34. The number of nitro groups is 1. The summed E-state index contributed by atoms with van der Waals surface area (Å²) in [5.41, 5.74) is 0.0283. The van der Waals surface area contributed by atoms with Crippen molar-refractivity contribution in [2.24, 2.45) is 7.05 Å². The topological polar surface area (TPSA) is 93.7 Å². The summed E-state index contributed by atoms with van der Waals surface area (Å²) in [7, 11) is 3.05. The first-order valence-electron chi connectivity index (χ1n) is 6.73. The van der Waals surface area contributed by atoms with E-state index < -0.39 is 4.92 Å². The number of nitrogens with zero attached hydrogens (tertiary/aromatic N) is 5. The molecule has 21 heavy (non-hydrogen) atoms. The molecule has 2 rings (SSSR count). The number of aromatic nitrogens is 2. The quantitative estimate of drug-likeness (QED) is 0.429.